The summed E-state index contributed by atoms with van der Waals surface area (Å²) in [7, 11) is 0. The van der Waals surface area contributed by atoms with E-state index in [2.05, 4.69) is 132 Å². The van der Waals surface area contributed by atoms with Gasteiger partial charge in [-0.25, -0.2) is 15.0 Å². The van der Waals surface area contributed by atoms with Gasteiger partial charge in [-0.3, -0.25) is 4.98 Å². The fourth-order valence-corrected chi connectivity index (χ4v) is 7.37. The van der Waals surface area contributed by atoms with Crippen molar-refractivity contribution >= 4 is 53.9 Å². The predicted molar refractivity (Wildman–Crippen MR) is 207 cm³/mol. The molecule has 0 unspecified atom stereocenters. The van der Waals surface area contributed by atoms with Gasteiger partial charge in [0.2, 0.25) is 0 Å². The molecular weight excluding hydrogens is 609 g/mol. The van der Waals surface area contributed by atoms with E-state index in [1.54, 1.807) is 0 Å². The summed E-state index contributed by atoms with van der Waals surface area (Å²) in [6, 6.07) is 55.5. The van der Waals surface area contributed by atoms with Gasteiger partial charge in [-0.1, -0.05) is 140 Å². The summed E-state index contributed by atoms with van der Waals surface area (Å²) < 4.78 is 0. The number of aromatic nitrogens is 4. The summed E-state index contributed by atoms with van der Waals surface area (Å²) in [5.41, 5.74) is 5.14. The molecule has 0 N–H and O–H groups in total. The largest absolute Gasteiger partial charge is 0.264 e. The summed E-state index contributed by atoms with van der Waals surface area (Å²) in [5.74, 6) is 1.87. The Labute approximate surface area is 288 Å². The maximum absolute atomic E-state index is 5.18. The van der Waals surface area contributed by atoms with Gasteiger partial charge in [0.1, 0.15) is 0 Å². The molecule has 0 radical (unpaired) electrons. The normalized spacial score (nSPS) is 11.6. The molecule has 8 aromatic carbocycles. The van der Waals surface area contributed by atoms with Crippen molar-refractivity contribution in [3.05, 3.63) is 170 Å². The topological polar surface area (TPSA) is 51.6 Å². The lowest BCUT2D eigenvalue weighted by Crippen LogP contribution is -2.01. The molecule has 0 aliphatic rings. The predicted octanol–water partition coefficient (Wildman–Crippen LogP) is 11.7. The van der Waals surface area contributed by atoms with Crippen LogP contribution in [0.25, 0.3) is 99.2 Å². The Balaban J connectivity index is 1.17. The van der Waals surface area contributed by atoms with E-state index >= 15 is 0 Å². The smallest absolute Gasteiger partial charge is 0.164 e. The summed E-state index contributed by atoms with van der Waals surface area (Å²) in [4.78, 5) is 19.9. The Morgan fingerprint density at radius 1 is 0.300 bits per heavy atom. The molecule has 0 amide bonds. The van der Waals surface area contributed by atoms with Crippen LogP contribution in [-0.4, -0.2) is 19.9 Å². The van der Waals surface area contributed by atoms with Crippen LogP contribution in [0.3, 0.4) is 0 Å². The van der Waals surface area contributed by atoms with Gasteiger partial charge in [0.15, 0.2) is 17.5 Å². The van der Waals surface area contributed by atoms with Crippen molar-refractivity contribution in [2.24, 2.45) is 0 Å². The summed E-state index contributed by atoms with van der Waals surface area (Å²) in [6.45, 7) is 0. The highest BCUT2D eigenvalue weighted by Crippen LogP contribution is 2.39. The molecule has 4 nitrogen and oxygen atoms in total. The number of fused-ring (bicyclic) bond motifs is 8. The third-order valence-corrected chi connectivity index (χ3v) is 9.79. The van der Waals surface area contributed by atoms with Gasteiger partial charge in [0.25, 0.3) is 0 Å². The number of rotatable bonds is 4. The highest BCUT2D eigenvalue weighted by Gasteiger charge is 2.17. The van der Waals surface area contributed by atoms with Crippen LogP contribution in [-0.2, 0) is 0 Å². The highest BCUT2D eigenvalue weighted by molar-refractivity contribution is 6.20. The zero-order chi connectivity index (χ0) is 33.0. The van der Waals surface area contributed by atoms with Crippen LogP contribution in [0.1, 0.15) is 0 Å². The molecule has 0 aliphatic heterocycles. The van der Waals surface area contributed by atoms with Gasteiger partial charge >= 0.3 is 0 Å². The zero-order valence-corrected chi connectivity index (χ0v) is 27.0. The van der Waals surface area contributed by atoms with E-state index in [1.165, 1.54) is 43.3 Å². The average molecular weight is 637 g/mol. The number of pyridine rings is 1. The Bertz CT molecular complexity index is 2920. The zero-order valence-electron chi connectivity index (χ0n) is 27.0. The molecule has 0 atom stereocenters. The molecule has 10 rings (SSSR count). The van der Waals surface area contributed by atoms with Gasteiger partial charge in [-0.05, 0) is 77.8 Å². The third-order valence-electron chi connectivity index (χ3n) is 9.79. The molecule has 232 valence electrons. The number of benzene rings is 8. The van der Waals surface area contributed by atoms with Crippen LogP contribution in [0, 0.1) is 0 Å². The quantitative estimate of drug-likeness (QED) is 0.180. The van der Waals surface area contributed by atoms with Crippen LogP contribution in [0.15, 0.2) is 170 Å². The van der Waals surface area contributed by atoms with Gasteiger partial charge in [-0.2, -0.15) is 0 Å². The second-order valence-electron chi connectivity index (χ2n) is 12.7. The fraction of sp³-hybridized carbons (Fsp3) is 0. The van der Waals surface area contributed by atoms with Crippen molar-refractivity contribution in [1.82, 2.24) is 19.9 Å². The van der Waals surface area contributed by atoms with Crippen LogP contribution < -0.4 is 0 Å². The van der Waals surface area contributed by atoms with E-state index in [1.807, 2.05) is 42.7 Å². The monoisotopic (exact) mass is 636 g/mol. The Hall–Kier alpha value is -6.78. The van der Waals surface area contributed by atoms with E-state index in [-0.39, 0.29) is 0 Å². The third kappa shape index (κ3) is 4.61. The summed E-state index contributed by atoms with van der Waals surface area (Å²) >= 11 is 0. The molecule has 0 bridgehead atoms. The van der Waals surface area contributed by atoms with E-state index < -0.39 is 0 Å². The SMILES string of the molecule is c1ccc(-c2nc(-c3ccc(-c4cc5ccccc5c5ccccc45)cc3)nc(-c3cc4c5ccccc5ccc4c4ccncc34)n2)cc1. The fourth-order valence-electron chi connectivity index (χ4n) is 7.37. The van der Waals surface area contributed by atoms with Gasteiger partial charge in [-0.15, -0.1) is 0 Å². The van der Waals surface area contributed by atoms with Crippen molar-refractivity contribution in [3.63, 3.8) is 0 Å². The lowest BCUT2D eigenvalue weighted by Gasteiger charge is -2.14. The standard InChI is InChI=1S/C46H28N4/c1-2-11-31(12-3-1)44-48-45(32-20-18-30(19-21-32)40-26-33-13-5-7-15-35(33)36-16-8-9-17-37(36)40)50-46(49-44)42-27-41-34-14-6-4-10-29(34)22-23-38(41)39-24-25-47-28-43(39)42/h1-28H. The number of nitrogens with zero attached hydrogens (tertiary/aromatic N) is 4. The molecule has 2 heterocycles. The minimum Gasteiger partial charge on any atom is -0.264 e. The number of hydrogen-bond donors (Lipinski definition) is 0. The molecule has 2 aromatic heterocycles. The lowest BCUT2D eigenvalue weighted by molar-refractivity contribution is 1.08. The maximum atomic E-state index is 5.18. The van der Waals surface area contributed by atoms with Gasteiger partial charge < -0.3 is 0 Å². The molecule has 4 heteroatoms. The number of hydrogen-bond acceptors (Lipinski definition) is 4. The molecule has 0 saturated carbocycles. The first kappa shape index (κ1) is 28.3. The minimum atomic E-state index is 0.617. The first-order valence-electron chi connectivity index (χ1n) is 16.8. The Morgan fingerprint density at radius 3 is 1.64 bits per heavy atom. The molecule has 10 aromatic rings. The van der Waals surface area contributed by atoms with Crippen molar-refractivity contribution in [1.29, 1.82) is 0 Å². The van der Waals surface area contributed by atoms with Gasteiger partial charge in [0, 0.05) is 34.5 Å². The minimum absolute atomic E-state index is 0.617. The van der Waals surface area contributed by atoms with Crippen LogP contribution in [0.2, 0.25) is 0 Å². The van der Waals surface area contributed by atoms with Crippen molar-refractivity contribution < 1.29 is 0 Å². The molecule has 0 saturated heterocycles. The second-order valence-corrected chi connectivity index (χ2v) is 12.7. The van der Waals surface area contributed by atoms with Crippen LogP contribution in [0.4, 0.5) is 0 Å². The van der Waals surface area contributed by atoms with Crippen molar-refractivity contribution in [3.8, 4) is 45.3 Å². The Morgan fingerprint density at radius 2 is 0.860 bits per heavy atom. The molecule has 0 fully saturated rings. The summed E-state index contributed by atoms with van der Waals surface area (Å²) in [6.07, 6.45) is 3.78. The molecule has 0 spiro atoms. The maximum Gasteiger partial charge on any atom is 0.164 e. The Kier molecular flexibility index (Phi) is 6.46. The van der Waals surface area contributed by atoms with E-state index in [0.29, 0.717) is 17.5 Å². The highest BCUT2D eigenvalue weighted by atomic mass is 15.0. The summed E-state index contributed by atoms with van der Waals surface area (Å²) in [5, 5.41) is 11.8. The molecular formula is C46H28N4. The van der Waals surface area contributed by atoms with E-state index in [9.17, 15) is 0 Å². The van der Waals surface area contributed by atoms with E-state index in [4.69, 9.17) is 15.0 Å². The van der Waals surface area contributed by atoms with E-state index in [0.717, 1.165) is 38.4 Å². The lowest BCUT2D eigenvalue weighted by atomic mass is 9.93. The van der Waals surface area contributed by atoms with Gasteiger partial charge in [0.05, 0.1) is 0 Å². The first-order chi connectivity index (χ1) is 24.8. The molecule has 50 heavy (non-hydrogen) atoms. The first-order valence-corrected chi connectivity index (χ1v) is 16.8. The second kappa shape index (κ2) is 11.4. The molecule has 0 aliphatic carbocycles. The average Bonchev–Trinajstić information content (AvgIpc) is 3.20. The van der Waals surface area contributed by atoms with Crippen LogP contribution in [0.5, 0.6) is 0 Å². The van der Waals surface area contributed by atoms with Crippen molar-refractivity contribution in [2.75, 3.05) is 0 Å². The van der Waals surface area contributed by atoms with Crippen molar-refractivity contribution in [2.45, 2.75) is 0 Å². The van der Waals surface area contributed by atoms with Crippen LogP contribution >= 0.6 is 0 Å².